The first-order valence-corrected chi connectivity index (χ1v) is 8.76. The number of sulfonamides is 1. The van der Waals surface area contributed by atoms with Crippen molar-refractivity contribution >= 4 is 10.0 Å². The summed E-state index contributed by atoms with van der Waals surface area (Å²) in [7, 11) is -1.98. The van der Waals surface area contributed by atoms with Crippen LogP contribution in [0, 0.1) is 0 Å². The van der Waals surface area contributed by atoms with Crippen LogP contribution >= 0.6 is 0 Å². The molecule has 1 aliphatic rings. The third-order valence-electron chi connectivity index (χ3n) is 3.27. The molecule has 2 rings (SSSR count). The second-order valence-electron chi connectivity index (χ2n) is 5.50. The fraction of sp³-hybridized carbons (Fsp3) is 0.769. The Labute approximate surface area is 126 Å². The second-order valence-corrected chi connectivity index (χ2v) is 7.21. The van der Waals surface area contributed by atoms with Gasteiger partial charge in [0.15, 0.2) is 0 Å². The molecule has 0 bridgehead atoms. The maximum absolute atomic E-state index is 12.1. The standard InChI is InChI=1S/C13H24N4O3S/c1-11(10-20-2)16-21(18,19)13-8-15-17(9-13)7-3-6-14-12-4-5-12/h8-9,11-12,14,16H,3-7,10H2,1-2H3. The fourth-order valence-electron chi connectivity index (χ4n) is 2.06. The lowest BCUT2D eigenvalue weighted by atomic mass is 10.4. The molecule has 0 aliphatic heterocycles. The smallest absolute Gasteiger partial charge is 0.244 e. The van der Waals surface area contributed by atoms with E-state index in [1.165, 1.54) is 19.0 Å². The molecule has 0 amide bonds. The van der Waals surface area contributed by atoms with Crippen molar-refractivity contribution in [2.45, 2.75) is 49.7 Å². The molecule has 2 N–H and O–H groups in total. The van der Waals surface area contributed by atoms with Crippen molar-refractivity contribution in [3.05, 3.63) is 12.4 Å². The molecule has 21 heavy (non-hydrogen) atoms. The summed E-state index contributed by atoms with van der Waals surface area (Å²) in [6.45, 7) is 3.74. The fourth-order valence-corrected chi connectivity index (χ4v) is 3.24. The number of aromatic nitrogens is 2. The van der Waals surface area contributed by atoms with E-state index in [-0.39, 0.29) is 10.9 Å². The lowest BCUT2D eigenvalue weighted by Gasteiger charge is -2.11. The molecule has 1 saturated carbocycles. The van der Waals surface area contributed by atoms with Crippen LogP contribution in [-0.4, -0.2) is 50.5 Å². The van der Waals surface area contributed by atoms with Gasteiger partial charge in [0.05, 0.1) is 12.8 Å². The molecule has 0 aromatic carbocycles. The van der Waals surface area contributed by atoms with E-state index in [9.17, 15) is 8.42 Å². The molecule has 0 spiro atoms. The van der Waals surface area contributed by atoms with Crippen molar-refractivity contribution in [3.63, 3.8) is 0 Å². The van der Waals surface area contributed by atoms with Crippen molar-refractivity contribution < 1.29 is 13.2 Å². The summed E-state index contributed by atoms with van der Waals surface area (Å²) in [6.07, 6.45) is 6.44. The Morgan fingerprint density at radius 1 is 1.52 bits per heavy atom. The molecule has 1 unspecified atom stereocenters. The Hall–Kier alpha value is -0.960. The van der Waals surface area contributed by atoms with Crippen molar-refractivity contribution in [2.24, 2.45) is 0 Å². The molecule has 120 valence electrons. The van der Waals surface area contributed by atoms with Crippen LogP contribution in [0.2, 0.25) is 0 Å². The number of methoxy groups -OCH3 is 1. The molecular weight excluding hydrogens is 292 g/mol. The molecule has 1 atom stereocenters. The monoisotopic (exact) mass is 316 g/mol. The minimum absolute atomic E-state index is 0.195. The van der Waals surface area contributed by atoms with E-state index in [0.29, 0.717) is 19.2 Å². The van der Waals surface area contributed by atoms with E-state index in [2.05, 4.69) is 15.1 Å². The van der Waals surface area contributed by atoms with Gasteiger partial charge in [-0.15, -0.1) is 0 Å². The highest BCUT2D eigenvalue weighted by Gasteiger charge is 2.20. The molecule has 1 aromatic rings. The van der Waals surface area contributed by atoms with Gasteiger partial charge in [-0.25, -0.2) is 13.1 Å². The van der Waals surface area contributed by atoms with Gasteiger partial charge in [-0.1, -0.05) is 0 Å². The Bertz CT molecular complexity index is 539. The quantitative estimate of drug-likeness (QED) is 0.608. The molecule has 7 nitrogen and oxygen atoms in total. The summed E-state index contributed by atoms with van der Waals surface area (Å²) in [5.74, 6) is 0. The zero-order valence-electron chi connectivity index (χ0n) is 12.6. The van der Waals surface area contributed by atoms with Gasteiger partial charge < -0.3 is 10.1 Å². The third kappa shape index (κ3) is 5.39. The maximum Gasteiger partial charge on any atom is 0.244 e. The number of ether oxygens (including phenoxy) is 1. The van der Waals surface area contributed by atoms with Gasteiger partial charge in [-0.3, -0.25) is 4.68 Å². The molecule has 0 radical (unpaired) electrons. The zero-order chi connectivity index (χ0) is 15.3. The molecule has 8 heteroatoms. The lowest BCUT2D eigenvalue weighted by molar-refractivity contribution is 0.180. The highest BCUT2D eigenvalue weighted by atomic mass is 32.2. The van der Waals surface area contributed by atoms with Gasteiger partial charge in [0.1, 0.15) is 4.90 Å². The van der Waals surface area contributed by atoms with Crippen molar-refractivity contribution in [1.29, 1.82) is 0 Å². The minimum atomic E-state index is -3.52. The van der Waals surface area contributed by atoms with Crippen molar-refractivity contribution in [3.8, 4) is 0 Å². The Morgan fingerprint density at radius 3 is 2.95 bits per heavy atom. The van der Waals surface area contributed by atoms with E-state index in [0.717, 1.165) is 13.0 Å². The van der Waals surface area contributed by atoms with Crippen molar-refractivity contribution in [2.75, 3.05) is 20.3 Å². The van der Waals surface area contributed by atoms with E-state index in [4.69, 9.17) is 4.74 Å². The molecular formula is C13H24N4O3S. The van der Waals surface area contributed by atoms with E-state index >= 15 is 0 Å². The predicted molar refractivity (Wildman–Crippen MR) is 79.5 cm³/mol. The van der Waals surface area contributed by atoms with Gasteiger partial charge in [-0.2, -0.15) is 5.10 Å². The summed E-state index contributed by atoms with van der Waals surface area (Å²) in [5, 5.41) is 7.52. The maximum atomic E-state index is 12.1. The van der Waals surface area contributed by atoms with Crippen LogP contribution in [-0.2, 0) is 21.3 Å². The SMILES string of the molecule is COCC(C)NS(=O)(=O)c1cnn(CCCNC2CC2)c1. The van der Waals surface area contributed by atoms with Gasteiger partial charge in [-0.05, 0) is 32.7 Å². The second kappa shape index (κ2) is 7.35. The van der Waals surface area contributed by atoms with Crippen LogP contribution in [0.25, 0.3) is 0 Å². The van der Waals surface area contributed by atoms with Crippen LogP contribution in [0.4, 0.5) is 0 Å². The normalized spacial score (nSPS) is 17.0. The number of rotatable bonds is 10. The zero-order valence-corrected chi connectivity index (χ0v) is 13.4. The van der Waals surface area contributed by atoms with Gasteiger partial charge in [0.25, 0.3) is 0 Å². The summed E-state index contributed by atoms with van der Waals surface area (Å²) in [5.41, 5.74) is 0. The first-order valence-electron chi connectivity index (χ1n) is 7.28. The summed E-state index contributed by atoms with van der Waals surface area (Å²) >= 11 is 0. The Balaban J connectivity index is 1.82. The number of aryl methyl sites for hydroxylation is 1. The molecule has 1 aliphatic carbocycles. The minimum Gasteiger partial charge on any atom is -0.383 e. The topological polar surface area (TPSA) is 85.2 Å². The highest BCUT2D eigenvalue weighted by Crippen LogP contribution is 2.18. The van der Waals surface area contributed by atoms with Crippen LogP contribution in [0.5, 0.6) is 0 Å². The largest absolute Gasteiger partial charge is 0.383 e. The van der Waals surface area contributed by atoms with E-state index < -0.39 is 10.0 Å². The number of hydrogen-bond acceptors (Lipinski definition) is 5. The number of hydrogen-bond donors (Lipinski definition) is 2. The van der Waals surface area contributed by atoms with E-state index in [1.807, 2.05) is 0 Å². The summed E-state index contributed by atoms with van der Waals surface area (Å²) < 4.78 is 33.4. The van der Waals surface area contributed by atoms with E-state index in [1.54, 1.807) is 24.9 Å². The molecule has 1 fully saturated rings. The van der Waals surface area contributed by atoms with Crippen LogP contribution in [0.15, 0.2) is 17.3 Å². The number of nitrogens with zero attached hydrogens (tertiary/aromatic N) is 2. The average Bonchev–Trinajstić information content (AvgIpc) is 3.10. The lowest BCUT2D eigenvalue weighted by Crippen LogP contribution is -2.35. The van der Waals surface area contributed by atoms with Crippen LogP contribution < -0.4 is 10.0 Å². The first kappa shape index (κ1) is 16.4. The molecule has 1 heterocycles. The molecule has 0 saturated heterocycles. The highest BCUT2D eigenvalue weighted by molar-refractivity contribution is 7.89. The van der Waals surface area contributed by atoms with Crippen molar-refractivity contribution in [1.82, 2.24) is 19.8 Å². The van der Waals surface area contributed by atoms with Gasteiger partial charge >= 0.3 is 0 Å². The first-order chi connectivity index (χ1) is 10.0. The van der Waals surface area contributed by atoms with Crippen LogP contribution in [0.1, 0.15) is 26.2 Å². The third-order valence-corrected chi connectivity index (χ3v) is 4.81. The molecule has 1 aromatic heterocycles. The number of nitrogens with one attached hydrogen (secondary N) is 2. The Kier molecular flexibility index (Phi) is 5.74. The van der Waals surface area contributed by atoms with Gasteiger partial charge in [0, 0.05) is 31.9 Å². The van der Waals surface area contributed by atoms with Crippen LogP contribution in [0.3, 0.4) is 0 Å². The summed E-state index contributed by atoms with van der Waals surface area (Å²) in [6, 6.07) is 0.427. The van der Waals surface area contributed by atoms with Gasteiger partial charge in [0.2, 0.25) is 10.0 Å². The average molecular weight is 316 g/mol. The predicted octanol–water partition coefficient (Wildman–Crippen LogP) is 0.338. The Morgan fingerprint density at radius 2 is 2.29 bits per heavy atom. The summed E-state index contributed by atoms with van der Waals surface area (Å²) in [4.78, 5) is 0.195.